The molecule has 1 saturated carbocycles. The van der Waals surface area contributed by atoms with Gasteiger partial charge in [0, 0.05) is 5.54 Å². The second kappa shape index (κ2) is 6.26. The van der Waals surface area contributed by atoms with Crippen molar-refractivity contribution in [3.8, 4) is 0 Å². The van der Waals surface area contributed by atoms with Crippen LogP contribution in [-0.4, -0.2) is 5.54 Å². The maximum absolute atomic E-state index is 13.6. The highest BCUT2D eigenvalue weighted by Gasteiger charge is 2.33. The van der Waals surface area contributed by atoms with Gasteiger partial charge in [0.05, 0.1) is 5.02 Å². The van der Waals surface area contributed by atoms with Gasteiger partial charge < -0.3 is 5.73 Å². The van der Waals surface area contributed by atoms with Crippen molar-refractivity contribution in [3.63, 3.8) is 0 Å². The first-order chi connectivity index (χ1) is 9.70. The third-order valence-electron chi connectivity index (χ3n) is 4.98. The molecule has 1 aliphatic rings. The van der Waals surface area contributed by atoms with E-state index in [9.17, 15) is 4.39 Å². The highest BCUT2D eigenvalue weighted by Crippen LogP contribution is 2.40. The topological polar surface area (TPSA) is 26.0 Å². The van der Waals surface area contributed by atoms with Crippen molar-refractivity contribution in [2.24, 2.45) is 17.1 Å². The second-order valence-electron chi connectivity index (χ2n) is 7.78. The molecule has 0 saturated heterocycles. The standard InChI is InChI=1S/C18H27ClFN/c1-17(2,3)14-5-4-9-18(21,10-8-14)12-13-6-7-15(19)16(20)11-13/h6-7,11,14H,4-5,8-10,12,21H2,1-3H3. The summed E-state index contributed by atoms with van der Waals surface area (Å²) in [5, 5.41) is 0.179. The molecule has 0 bridgehead atoms. The van der Waals surface area contributed by atoms with Crippen LogP contribution in [0.15, 0.2) is 18.2 Å². The summed E-state index contributed by atoms with van der Waals surface area (Å²) in [6, 6.07) is 5.06. The van der Waals surface area contributed by atoms with Crippen molar-refractivity contribution in [2.75, 3.05) is 0 Å². The Kier molecular flexibility index (Phi) is 4.99. The van der Waals surface area contributed by atoms with Crippen LogP contribution in [0.5, 0.6) is 0 Å². The average Bonchev–Trinajstić information content (AvgIpc) is 2.55. The minimum absolute atomic E-state index is 0.179. The van der Waals surface area contributed by atoms with Crippen molar-refractivity contribution < 1.29 is 4.39 Å². The molecule has 2 unspecified atom stereocenters. The first-order valence-electron chi connectivity index (χ1n) is 7.92. The Morgan fingerprint density at radius 3 is 2.62 bits per heavy atom. The van der Waals surface area contributed by atoms with Crippen molar-refractivity contribution in [2.45, 2.75) is 64.8 Å². The maximum atomic E-state index is 13.6. The molecule has 1 aromatic rings. The predicted molar refractivity (Wildman–Crippen MR) is 88.1 cm³/mol. The monoisotopic (exact) mass is 311 g/mol. The van der Waals surface area contributed by atoms with Crippen LogP contribution < -0.4 is 5.73 Å². The first kappa shape index (κ1) is 16.8. The van der Waals surface area contributed by atoms with Crippen LogP contribution in [0.25, 0.3) is 0 Å². The highest BCUT2D eigenvalue weighted by molar-refractivity contribution is 6.30. The van der Waals surface area contributed by atoms with Gasteiger partial charge in [-0.3, -0.25) is 0 Å². The molecule has 0 radical (unpaired) electrons. The molecular weight excluding hydrogens is 285 g/mol. The molecule has 1 nitrogen and oxygen atoms in total. The quantitative estimate of drug-likeness (QED) is 0.732. The summed E-state index contributed by atoms with van der Waals surface area (Å²) in [5.41, 5.74) is 7.72. The molecule has 0 heterocycles. The fourth-order valence-corrected chi connectivity index (χ4v) is 3.65. The van der Waals surface area contributed by atoms with E-state index in [4.69, 9.17) is 17.3 Å². The zero-order valence-corrected chi connectivity index (χ0v) is 14.1. The molecular formula is C18H27ClFN. The summed E-state index contributed by atoms with van der Waals surface area (Å²) in [5.74, 6) is 0.379. The lowest BCUT2D eigenvalue weighted by molar-refractivity contribution is 0.210. The van der Waals surface area contributed by atoms with Crippen molar-refractivity contribution >= 4 is 11.6 Å². The Morgan fingerprint density at radius 2 is 2.00 bits per heavy atom. The molecule has 0 aliphatic heterocycles. The average molecular weight is 312 g/mol. The minimum atomic E-state index is -0.348. The van der Waals surface area contributed by atoms with Gasteiger partial charge in [0.2, 0.25) is 0 Å². The molecule has 2 N–H and O–H groups in total. The molecule has 0 amide bonds. The van der Waals surface area contributed by atoms with E-state index in [0.29, 0.717) is 5.41 Å². The number of rotatable bonds is 2. The summed E-state index contributed by atoms with van der Waals surface area (Å²) in [7, 11) is 0. The Morgan fingerprint density at radius 1 is 1.29 bits per heavy atom. The van der Waals surface area contributed by atoms with E-state index in [1.54, 1.807) is 6.07 Å². The minimum Gasteiger partial charge on any atom is -0.325 e. The molecule has 2 atom stereocenters. The number of hydrogen-bond acceptors (Lipinski definition) is 1. The van der Waals surface area contributed by atoms with Crippen molar-refractivity contribution in [1.29, 1.82) is 0 Å². The number of halogens is 2. The number of benzene rings is 1. The zero-order valence-electron chi connectivity index (χ0n) is 13.4. The summed E-state index contributed by atoms with van der Waals surface area (Å²) in [6.45, 7) is 6.95. The van der Waals surface area contributed by atoms with Gasteiger partial charge in [0.1, 0.15) is 5.82 Å². The third-order valence-corrected chi connectivity index (χ3v) is 5.29. The first-order valence-corrected chi connectivity index (χ1v) is 8.30. The number of nitrogens with two attached hydrogens (primary N) is 1. The van der Waals surface area contributed by atoms with E-state index in [2.05, 4.69) is 20.8 Å². The molecule has 0 spiro atoms. The van der Waals surface area contributed by atoms with Gasteiger partial charge >= 0.3 is 0 Å². The van der Waals surface area contributed by atoms with Gasteiger partial charge in [-0.1, -0.05) is 44.9 Å². The van der Waals surface area contributed by atoms with Crippen LogP contribution >= 0.6 is 11.6 Å². The SMILES string of the molecule is CC(C)(C)C1CCCC(N)(Cc2ccc(Cl)c(F)c2)CC1. The lowest BCUT2D eigenvalue weighted by atomic mass is 9.76. The van der Waals surface area contributed by atoms with E-state index in [1.165, 1.54) is 12.5 Å². The van der Waals surface area contributed by atoms with Gasteiger partial charge in [-0.2, -0.15) is 0 Å². The molecule has 2 rings (SSSR count). The number of hydrogen-bond donors (Lipinski definition) is 1. The van der Waals surface area contributed by atoms with Gasteiger partial charge in [-0.25, -0.2) is 4.39 Å². The van der Waals surface area contributed by atoms with Crippen LogP contribution in [-0.2, 0) is 6.42 Å². The van der Waals surface area contributed by atoms with E-state index in [1.807, 2.05) is 6.07 Å². The second-order valence-corrected chi connectivity index (χ2v) is 8.19. The summed E-state index contributed by atoms with van der Waals surface area (Å²) in [4.78, 5) is 0. The summed E-state index contributed by atoms with van der Waals surface area (Å²) in [6.07, 6.45) is 6.34. The fourth-order valence-electron chi connectivity index (χ4n) is 3.53. The largest absolute Gasteiger partial charge is 0.325 e. The van der Waals surface area contributed by atoms with Crippen LogP contribution in [0.2, 0.25) is 5.02 Å². The Hall–Kier alpha value is -0.600. The van der Waals surface area contributed by atoms with E-state index in [0.717, 1.165) is 43.6 Å². The van der Waals surface area contributed by atoms with Crippen LogP contribution in [0.1, 0.15) is 58.4 Å². The Balaban J connectivity index is 2.06. The molecule has 21 heavy (non-hydrogen) atoms. The summed E-state index contributed by atoms with van der Waals surface area (Å²) >= 11 is 5.75. The predicted octanol–water partition coefficient (Wildman–Crippen LogP) is 5.35. The van der Waals surface area contributed by atoms with E-state index in [-0.39, 0.29) is 16.4 Å². The smallest absolute Gasteiger partial charge is 0.142 e. The molecule has 1 fully saturated rings. The van der Waals surface area contributed by atoms with E-state index >= 15 is 0 Å². The molecule has 1 aliphatic carbocycles. The van der Waals surface area contributed by atoms with Gasteiger partial charge in [0.25, 0.3) is 0 Å². The highest BCUT2D eigenvalue weighted by atomic mass is 35.5. The lowest BCUT2D eigenvalue weighted by Crippen LogP contribution is -2.41. The van der Waals surface area contributed by atoms with Gasteiger partial charge in [-0.15, -0.1) is 0 Å². The van der Waals surface area contributed by atoms with Gasteiger partial charge in [-0.05, 0) is 61.1 Å². The normalized spacial score (nSPS) is 27.4. The lowest BCUT2D eigenvalue weighted by Gasteiger charge is -2.31. The molecule has 118 valence electrons. The Bertz CT molecular complexity index is 494. The molecule has 0 aromatic heterocycles. The Labute approximate surface area is 133 Å². The van der Waals surface area contributed by atoms with Crippen molar-refractivity contribution in [1.82, 2.24) is 0 Å². The van der Waals surface area contributed by atoms with Crippen LogP contribution in [0.4, 0.5) is 4.39 Å². The maximum Gasteiger partial charge on any atom is 0.142 e. The summed E-state index contributed by atoms with van der Waals surface area (Å²) < 4.78 is 13.6. The van der Waals surface area contributed by atoms with Crippen LogP contribution in [0, 0.1) is 17.2 Å². The van der Waals surface area contributed by atoms with E-state index < -0.39 is 0 Å². The van der Waals surface area contributed by atoms with Crippen LogP contribution in [0.3, 0.4) is 0 Å². The fraction of sp³-hybridized carbons (Fsp3) is 0.667. The zero-order chi connectivity index (χ0) is 15.7. The third kappa shape index (κ3) is 4.43. The molecule has 1 aromatic carbocycles. The van der Waals surface area contributed by atoms with Crippen molar-refractivity contribution in [3.05, 3.63) is 34.6 Å². The molecule has 3 heteroatoms. The van der Waals surface area contributed by atoms with Gasteiger partial charge in [0.15, 0.2) is 0 Å².